The fourth-order valence-corrected chi connectivity index (χ4v) is 6.07. The molecule has 2 aromatic rings. The Bertz CT molecular complexity index is 770. The first kappa shape index (κ1) is 19.9. The number of benzene rings is 1. The Hall–Kier alpha value is -1.42. The van der Waals surface area contributed by atoms with E-state index in [1.165, 1.54) is 64.2 Å². The molecule has 1 amide bonds. The molecular formula is C24H33NO2S. The molecule has 0 bridgehead atoms. The molecule has 4 rings (SSSR count). The number of hydrogen-bond donors (Lipinski definition) is 1. The maximum Gasteiger partial charge on any atom is 0.287 e. The van der Waals surface area contributed by atoms with Crippen molar-refractivity contribution in [1.82, 2.24) is 5.32 Å². The summed E-state index contributed by atoms with van der Waals surface area (Å²) in [5.74, 6) is 1.40. The van der Waals surface area contributed by atoms with Gasteiger partial charge in [0.15, 0.2) is 5.76 Å². The number of para-hydroxylation sites is 1. The van der Waals surface area contributed by atoms with Gasteiger partial charge in [-0.1, -0.05) is 69.6 Å². The third-order valence-corrected chi connectivity index (χ3v) is 7.76. The van der Waals surface area contributed by atoms with E-state index in [4.69, 9.17) is 4.42 Å². The SMILES string of the molecule is O=C(NC1CCCCCCC1)c1oc2ccccc2c1CSC1CCCCC1. The topological polar surface area (TPSA) is 42.2 Å². The summed E-state index contributed by atoms with van der Waals surface area (Å²) >= 11 is 2.01. The largest absolute Gasteiger partial charge is 0.451 e. The van der Waals surface area contributed by atoms with E-state index in [-0.39, 0.29) is 5.91 Å². The van der Waals surface area contributed by atoms with Gasteiger partial charge >= 0.3 is 0 Å². The minimum absolute atomic E-state index is 0.0129. The Kier molecular flexibility index (Phi) is 7.00. The van der Waals surface area contributed by atoms with Crippen LogP contribution in [0.15, 0.2) is 28.7 Å². The molecule has 0 saturated heterocycles. The third kappa shape index (κ3) is 4.94. The van der Waals surface area contributed by atoms with Crippen molar-refractivity contribution < 1.29 is 9.21 Å². The van der Waals surface area contributed by atoms with E-state index in [0.717, 1.165) is 40.4 Å². The number of carbonyl (C=O) groups is 1. The van der Waals surface area contributed by atoms with Gasteiger partial charge in [0.2, 0.25) is 0 Å². The number of hydrogen-bond acceptors (Lipinski definition) is 3. The van der Waals surface area contributed by atoms with Crippen molar-refractivity contribution in [3.05, 3.63) is 35.6 Å². The third-order valence-electron chi connectivity index (χ3n) is 6.36. The molecule has 0 atom stereocenters. The normalized spacial score (nSPS) is 20.0. The lowest BCUT2D eigenvalue weighted by atomic mass is 9.96. The second-order valence-corrected chi connectivity index (χ2v) is 9.78. The van der Waals surface area contributed by atoms with Crippen LogP contribution < -0.4 is 5.32 Å². The summed E-state index contributed by atoms with van der Waals surface area (Å²) < 4.78 is 6.07. The molecule has 2 fully saturated rings. The van der Waals surface area contributed by atoms with Crippen molar-refractivity contribution in [1.29, 1.82) is 0 Å². The molecule has 1 heterocycles. The maximum absolute atomic E-state index is 13.1. The smallest absolute Gasteiger partial charge is 0.287 e. The van der Waals surface area contributed by atoms with Gasteiger partial charge < -0.3 is 9.73 Å². The van der Waals surface area contributed by atoms with E-state index in [2.05, 4.69) is 11.4 Å². The molecule has 0 spiro atoms. The van der Waals surface area contributed by atoms with Crippen LogP contribution in [0.2, 0.25) is 0 Å². The van der Waals surface area contributed by atoms with Gasteiger partial charge in [0.1, 0.15) is 5.58 Å². The van der Waals surface area contributed by atoms with Crippen LogP contribution in [0.1, 0.15) is 93.2 Å². The standard InChI is InChI=1S/C24H33NO2S/c26-24(25-18-11-5-2-1-3-6-12-18)23-21(17-28-19-13-7-4-8-14-19)20-15-9-10-16-22(20)27-23/h9-10,15-16,18-19H,1-8,11-14,17H2,(H,25,26). The molecule has 28 heavy (non-hydrogen) atoms. The highest BCUT2D eigenvalue weighted by molar-refractivity contribution is 7.99. The molecule has 0 aliphatic heterocycles. The van der Waals surface area contributed by atoms with E-state index in [1.807, 2.05) is 30.0 Å². The second kappa shape index (κ2) is 9.87. The molecule has 0 unspecified atom stereocenters. The number of thioether (sulfide) groups is 1. The van der Waals surface area contributed by atoms with Crippen molar-refractivity contribution >= 4 is 28.6 Å². The Balaban J connectivity index is 1.50. The highest BCUT2D eigenvalue weighted by Crippen LogP contribution is 2.35. The molecule has 152 valence electrons. The highest BCUT2D eigenvalue weighted by Gasteiger charge is 2.24. The quantitative estimate of drug-likeness (QED) is 0.598. The fourth-order valence-electron chi connectivity index (χ4n) is 4.71. The summed E-state index contributed by atoms with van der Waals surface area (Å²) in [7, 11) is 0. The molecule has 2 saturated carbocycles. The van der Waals surface area contributed by atoms with Crippen LogP contribution in [0.25, 0.3) is 11.0 Å². The van der Waals surface area contributed by atoms with Gasteiger partial charge in [-0.25, -0.2) is 0 Å². The Labute approximate surface area is 173 Å². The number of furan rings is 1. The first-order valence-corrected chi connectivity index (χ1v) is 12.3. The van der Waals surface area contributed by atoms with Crippen LogP contribution >= 0.6 is 11.8 Å². The molecule has 0 radical (unpaired) electrons. The molecule has 1 N–H and O–H groups in total. The van der Waals surface area contributed by atoms with Crippen LogP contribution in [0, 0.1) is 0 Å². The predicted octanol–water partition coefficient (Wildman–Crippen LogP) is 6.84. The summed E-state index contributed by atoms with van der Waals surface area (Å²) in [4.78, 5) is 13.1. The van der Waals surface area contributed by atoms with Crippen LogP contribution in [-0.2, 0) is 5.75 Å². The fraction of sp³-hybridized carbons (Fsp3) is 0.625. The molecule has 3 nitrogen and oxygen atoms in total. The van der Waals surface area contributed by atoms with Crippen LogP contribution in [0.3, 0.4) is 0 Å². The number of fused-ring (bicyclic) bond motifs is 1. The van der Waals surface area contributed by atoms with E-state index >= 15 is 0 Å². The van der Waals surface area contributed by atoms with Gasteiger partial charge in [0.25, 0.3) is 5.91 Å². The van der Waals surface area contributed by atoms with Crippen molar-refractivity contribution in [2.75, 3.05) is 0 Å². The number of rotatable bonds is 5. The van der Waals surface area contributed by atoms with Gasteiger partial charge in [-0.05, 0) is 31.7 Å². The van der Waals surface area contributed by atoms with Crippen LogP contribution in [0.5, 0.6) is 0 Å². The van der Waals surface area contributed by atoms with Crippen molar-refractivity contribution in [3.63, 3.8) is 0 Å². The Morgan fingerprint density at radius 1 is 0.929 bits per heavy atom. The minimum atomic E-state index is -0.0129. The zero-order valence-electron chi connectivity index (χ0n) is 16.9. The maximum atomic E-state index is 13.1. The summed E-state index contributed by atoms with van der Waals surface area (Å²) in [6.07, 6.45) is 15.2. The summed E-state index contributed by atoms with van der Waals surface area (Å²) in [5.41, 5.74) is 1.93. The monoisotopic (exact) mass is 399 g/mol. The molecule has 1 aromatic heterocycles. The number of carbonyl (C=O) groups excluding carboxylic acids is 1. The Morgan fingerprint density at radius 3 is 2.36 bits per heavy atom. The molecule has 2 aliphatic rings. The van der Waals surface area contributed by atoms with Crippen molar-refractivity contribution in [2.45, 2.75) is 94.1 Å². The second-order valence-electron chi connectivity index (χ2n) is 8.49. The van der Waals surface area contributed by atoms with E-state index in [0.29, 0.717) is 11.8 Å². The van der Waals surface area contributed by atoms with Gasteiger partial charge in [-0.3, -0.25) is 4.79 Å². The first-order chi connectivity index (χ1) is 13.8. The van der Waals surface area contributed by atoms with E-state index in [1.54, 1.807) is 0 Å². The van der Waals surface area contributed by atoms with Gasteiger partial charge in [-0.15, -0.1) is 0 Å². The average Bonchev–Trinajstić information content (AvgIpc) is 3.08. The van der Waals surface area contributed by atoms with Crippen molar-refractivity contribution in [2.24, 2.45) is 0 Å². The molecular weight excluding hydrogens is 366 g/mol. The molecule has 4 heteroatoms. The lowest BCUT2D eigenvalue weighted by Crippen LogP contribution is -2.35. The summed E-state index contributed by atoms with van der Waals surface area (Å²) in [5, 5.41) is 5.13. The van der Waals surface area contributed by atoms with E-state index in [9.17, 15) is 4.79 Å². The first-order valence-electron chi connectivity index (χ1n) is 11.2. The number of nitrogens with one attached hydrogen (secondary N) is 1. The van der Waals surface area contributed by atoms with Crippen LogP contribution in [0.4, 0.5) is 0 Å². The van der Waals surface area contributed by atoms with Crippen molar-refractivity contribution in [3.8, 4) is 0 Å². The van der Waals surface area contributed by atoms with Crippen LogP contribution in [-0.4, -0.2) is 17.2 Å². The Morgan fingerprint density at radius 2 is 1.57 bits per heavy atom. The van der Waals surface area contributed by atoms with Gasteiger partial charge in [-0.2, -0.15) is 11.8 Å². The average molecular weight is 400 g/mol. The van der Waals surface area contributed by atoms with Gasteiger partial charge in [0.05, 0.1) is 0 Å². The molecule has 2 aliphatic carbocycles. The zero-order chi connectivity index (χ0) is 19.2. The predicted molar refractivity (Wildman–Crippen MR) is 118 cm³/mol. The summed E-state index contributed by atoms with van der Waals surface area (Å²) in [6, 6.07) is 8.41. The number of amides is 1. The zero-order valence-corrected chi connectivity index (χ0v) is 17.7. The lowest BCUT2D eigenvalue weighted by molar-refractivity contribution is 0.0903. The highest BCUT2D eigenvalue weighted by atomic mass is 32.2. The van der Waals surface area contributed by atoms with Gasteiger partial charge in [0, 0.05) is 28.0 Å². The minimum Gasteiger partial charge on any atom is -0.451 e. The van der Waals surface area contributed by atoms with E-state index < -0.39 is 0 Å². The molecule has 1 aromatic carbocycles. The summed E-state index contributed by atoms with van der Waals surface area (Å²) in [6.45, 7) is 0. The lowest BCUT2D eigenvalue weighted by Gasteiger charge is -2.22.